The maximum absolute atomic E-state index is 12.7. The van der Waals surface area contributed by atoms with Gasteiger partial charge >= 0.3 is 0 Å². The van der Waals surface area contributed by atoms with E-state index >= 15 is 0 Å². The second-order valence-electron chi connectivity index (χ2n) is 6.24. The van der Waals surface area contributed by atoms with Gasteiger partial charge in [0.25, 0.3) is 0 Å². The first-order chi connectivity index (χ1) is 12.6. The van der Waals surface area contributed by atoms with Crippen LogP contribution in [-0.2, 0) is 0 Å². The minimum atomic E-state index is -1.04. The number of allylic oxidation sites excluding steroid dienone is 1. The standard InChI is InChI=1S/C21H21NO4/c23-14-18(24)13-20(25)15-8-10-17(11-9-15)22-12-4-7-19(22)21(26)16-5-2-1-3-6-16/h1-3,5-11,18,23-24H,4,12-14H2. The van der Waals surface area contributed by atoms with Crippen molar-refractivity contribution < 1.29 is 19.8 Å². The lowest BCUT2D eigenvalue weighted by Crippen LogP contribution is -2.24. The smallest absolute Gasteiger partial charge is 0.209 e. The molecule has 0 spiro atoms. The molecule has 5 nitrogen and oxygen atoms in total. The fourth-order valence-corrected chi connectivity index (χ4v) is 3.01. The van der Waals surface area contributed by atoms with Crippen LogP contribution in [0, 0.1) is 0 Å². The Morgan fingerprint density at radius 3 is 2.35 bits per heavy atom. The summed E-state index contributed by atoms with van der Waals surface area (Å²) in [5.74, 6) is -0.245. The van der Waals surface area contributed by atoms with Gasteiger partial charge in [0.05, 0.1) is 18.4 Å². The van der Waals surface area contributed by atoms with Crippen molar-refractivity contribution >= 4 is 17.3 Å². The summed E-state index contributed by atoms with van der Waals surface area (Å²) in [6.45, 7) is 0.276. The second-order valence-corrected chi connectivity index (χ2v) is 6.24. The Balaban J connectivity index is 1.75. The molecule has 2 N–H and O–H groups in total. The monoisotopic (exact) mass is 351 g/mol. The van der Waals surface area contributed by atoms with Crippen LogP contribution < -0.4 is 4.90 Å². The zero-order valence-electron chi connectivity index (χ0n) is 14.3. The quantitative estimate of drug-likeness (QED) is 0.750. The minimum Gasteiger partial charge on any atom is -0.394 e. The van der Waals surface area contributed by atoms with E-state index in [0.29, 0.717) is 23.4 Å². The second kappa shape index (κ2) is 8.08. The van der Waals surface area contributed by atoms with E-state index in [0.717, 1.165) is 12.1 Å². The predicted molar refractivity (Wildman–Crippen MR) is 99.3 cm³/mol. The molecule has 1 atom stereocenters. The van der Waals surface area contributed by atoms with Crippen LogP contribution in [0.2, 0.25) is 0 Å². The molecular formula is C21H21NO4. The normalized spacial score (nSPS) is 14.8. The summed E-state index contributed by atoms with van der Waals surface area (Å²) >= 11 is 0. The van der Waals surface area contributed by atoms with Gasteiger partial charge < -0.3 is 15.1 Å². The minimum absolute atomic E-state index is 0.0191. The molecule has 1 aliphatic rings. The van der Waals surface area contributed by atoms with Gasteiger partial charge in [0.1, 0.15) is 0 Å². The van der Waals surface area contributed by atoms with E-state index in [-0.39, 0.29) is 18.0 Å². The lowest BCUT2D eigenvalue weighted by Gasteiger charge is -2.22. The Hall–Kier alpha value is -2.76. The Morgan fingerprint density at radius 2 is 1.69 bits per heavy atom. The van der Waals surface area contributed by atoms with Crippen molar-refractivity contribution in [2.75, 3.05) is 18.1 Å². The van der Waals surface area contributed by atoms with Gasteiger partial charge in [0.2, 0.25) is 5.78 Å². The van der Waals surface area contributed by atoms with E-state index in [2.05, 4.69) is 0 Å². The molecule has 5 heteroatoms. The van der Waals surface area contributed by atoms with Crippen LogP contribution >= 0.6 is 0 Å². The van der Waals surface area contributed by atoms with Crippen molar-refractivity contribution in [3.05, 3.63) is 77.5 Å². The topological polar surface area (TPSA) is 77.8 Å². The Bertz CT molecular complexity index is 812. The third-order valence-electron chi connectivity index (χ3n) is 4.38. The average molecular weight is 351 g/mol. The SMILES string of the molecule is O=C(CC(O)CO)c1ccc(N2CCC=C2C(=O)c2ccccc2)cc1. The van der Waals surface area contributed by atoms with E-state index in [4.69, 9.17) is 5.11 Å². The molecule has 0 amide bonds. The van der Waals surface area contributed by atoms with Crippen molar-refractivity contribution in [2.45, 2.75) is 18.9 Å². The number of hydrogen-bond donors (Lipinski definition) is 2. The number of benzene rings is 2. The number of anilines is 1. The summed E-state index contributed by atoms with van der Waals surface area (Å²) in [5, 5.41) is 18.2. The number of carbonyl (C=O) groups excluding carboxylic acids is 2. The van der Waals surface area contributed by atoms with E-state index in [1.54, 1.807) is 36.4 Å². The third-order valence-corrected chi connectivity index (χ3v) is 4.38. The fourth-order valence-electron chi connectivity index (χ4n) is 3.01. The molecule has 0 saturated heterocycles. The van der Waals surface area contributed by atoms with E-state index in [1.165, 1.54) is 0 Å². The van der Waals surface area contributed by atoms with Gasteiger partial charge in [-0.25, -0.2) is 0 Å². The first kappa shape index (κ1) is 18.0. The van der Waals surface area contributed by atoms with Crippen molar-refractivity contribution in [3.8, 4) is 0 Å². The summed E-state index contributed by atoms with van der Waals surface area (Å²) in [6, 6.07) is 16.1. The van der Waals surface area contributed by atoms with Crippen LogP contribution in [0.25, 0.3) is 0 Å². The fraction of sp³-hybridized carbons (Fsp3) is 0.238. The molecule has 0 bridgehead atoms. The van der Waals surface area contributed by atoms with Crippen molar-refractivity contribution in [2.24, 2.45) is 0 Å². The largest absolute Gasteiger partial charge is 0.394 e. The van der Waals surface area contributed by atoms with Crippen LogP contribution in [0.4, 0.5) is 5.69 Å². The predicted octanol–water partition coefficient (Wildman–Crippen LogP) is 2.59. The van der Waals surface area contributed by atoms with Crippen LogP contribution in [0.1, 0.15) is 33.6 Å². The van der Waals surface area contributed by atoms with Crippen LogP contribution in [0.5, 0.6) is 0 Å². The number of hydrogen-bond acceptors (Lipinski definition) is 5. The average Bonchev–Trinajstić information content (AvgIpc) is 3.17. The van der Waals surface area contributed by atoms with Crippen molar-refractivity contribution in [1.29, 1.82) is 0 Å². The van der Waals surface area contributed by atoms with E-state index in [1.807, 2.05) is 29.2 Å². The number of rotatable bonds is 7. The van der Waals surface area contributed by atoms with Crippen LogP contribution in [0.15, 0.2) is 66.4 Å². The summed E-state index contributed by atoms with van der Waals surface area (Å²) in [7, 11) is 0. The highest BCUT2D eigenvalue weighted by atomic mass is 16.3. The maximum atomic E-state index is 12.7. The molecule has 0 saturated carbocycles. The highest BCUT2D eigenvalue weighted by Crippen LogP contribution is 2.27. The first-order valence-electron chi connectivity index (χ1n) is 8.60. The van der Waals surface area contributed by atoms with Crippen LogP contribution in [0.3, 0.4) is 0 Å². The molecule has 1 unspecified atom stereocenters. The zero-order chi connectivity index (χ0) is 18.5. The molecular weight excluding hydrogens is 330 g/mol. The highest BCUT2D eigenvalue weighted by molar-refractivity contribution is 6.11. The molecule has 3 rings (SSSR count). The molecule has 1 heterocycles. The molecule has 0 radical (unpaired) electrons. The summed E-state index contributed by atoms with van der Waals surface area (Å²) < 4.78 is 0. The van der Waals surface area contributed by atoms with E-state index < -0.39 is 12.7 Å². The van der Waals surface area contributed by atoms with Crippen LogP contribution in [-0.4, -0.2) is 41.0 Å². The lowest BCUT2D eigenvalue weighted by atomic mass is 10.0. The highest BCUT2D eigenvalue weighted by Gasteiger charge is 2.24. The van der Waals surface area contributed by atoms with Crippen molar-refractivity contribution in [3.63, 3.8) is 0 Å². The van der Waals surface area contributed by atoms with Gasteiger partial charge in [-0.3, -0.25) is 9.59 Å². The summed E-state index contributed by atoms with van der Waals surface area (Å²) in [6.07, 6.45) is 1.57. The number of aliphatic hydroxyl groups is 2. The van der Waals surface area contributed by atoms with Crippen molar-refractivity contribution in [1.82, 2.24) is 0 Å². The number of carbonyl (C=O) groups is 2. The van der Waals surface area contributed by atoms with Gasteiger partial charge in [-0.2, -0.15) is 0 Å². The molecule has 0 aromatic heterocycles. The Labute approximate surface area is 152 Å². The number of Topliss-reactive ketones (excluding diaryl/α,β-unsaturated/α-hetero) is 2. The molecule has 0 fully saturated rings. The summed E-state index contributed by atoms with van der Waals surface area (Å²) in [5.41, 5.74) is 2.61. The maximum Gasteiger partial charge on any atom is 0.209 e. The van der Waals surface area contributed by atoms with Gasteiger partial charge in [-0.15, -0.1) is 0 Å². The third kappa shape index (κ3) is 3.90. The zero-order valence-corrected chi connectivity index (χ0v) is 14.3. The molecule has 2 aromatic carbocycles. The Morgan fingerprint density at radius 1 is 1.00 bits per heavy atom. The van der Waals surface area contributed by atoms with Gasteiger partial charge in [0, 0.05) is 29.8 Å². The lowest BCUT2D eigenvalue weighted by molar-refractivity contribution is 0.0703. The van der Waals surface area contributed by atoms with Gasteiger partial charge in [-0.1, -0.05) is 36.4 Å². The first-order valence-corrected chi connectivity index (χ1v) is 8.60. The van der Waals surface area contributed by atoms with Gasteiger partial charge in [-0.05, 0) is 30.7 Å². The molecule has 134 valence electrons. The molecule has 26 heavy (non-hydrogen) atoms. The molecule has 2 aromatic rings. The number of aliphatic hydroxyl groups excluding tert-OH is 2. The molecule has 0 aliphatic carbocycles. The number of nitrogens with zero attached hydrogens (tertiary/aromatic N) is 1. The van der Waals surface area contributed by atoms with E-state index in [9.17, 15) is 14.7 Å². The Kier molecular flexibility index (Phi) is 5.61. The summed E-state index contributed by atoms with van der Waals surface area (Å²) in [4.78, 5) is 26.7. The molecule has 1 aliphatic heterocycles. The van der Waals surface area contributed by atoms with Gasteiger partial charge in [0.15, 0.2) is 5.78 Å². The number of ketones is 2.